The van der Waals surface area contributed by atoms with E-state index in [1.165, 1.54) is 6.07 Å². The van der Waals surface area contributed by atoms with E-state index < -0.39 is 5.97 Å². The summed E-state index contributed by atoms with van der Waals surface area (Å²) in [5.74, 6) is -0.929. The summed E-state index contributed by atoms with van der Waals surface area (Å²) in [6.07, 6.45) is 1.71. The summed E-state index contributed by atoms with van der Waals surface area (Å²) >= 11 is 0. The molecule has 1 aromatic carbocycles. The number of phenols is 1. The molecule has 0 saturated carbocycles. The predicted octanol–water partition coefficient (Wildman–Crippen LogP) is 2.23. The third-order valence-corrected chi connectivity index (χ3v) is 2.70. The highest BCUT2D eigenvalue weighted by Crippen LogP contribution is 2.35. The highest BCUT2D eigenvalue weighted by Gasteiger charge is 2.16. The maximum absolute atomic E-state index is 10.7. The summed E-state index contributed by atoms with van der Waals surface area (Å²) in [4.78, 5) is 13.7. The number of aromatic hydroxyl groups is 1. The first-order chi connectivity index (χ1) is 8.66. The van der Waals surface area contributed by atoms with Gasteiger partial charge in [-0.1, -0.05) is 5.16 Å². The van der Waals surface area contributed by atoms with Gasteiger partial charge in [0.25, 0.3) is 0 Å². The van der Waals surface area contributed by atoms with E-state index in [0.717, 1.165) is 5.52 Å². The number of carboxylic acid groups (broad SMARTS) is 1. The summed E-state index contributed by atoms with van der Waals surface area (Å²) in [6.45, 7) is 0. The fraction of sp³-hybridized carbons (Fsp3) is 0. The minimum Gasteiger partial charge on any atom is -0.506 e. The molecule has 2 heterocycles. The lowest BCUT2D eigenvalue weighted by Gasteiger charge is -2.01. The van der Waals surface area contributed by atoms with Crippen molar-refractivity contribution in [3.8, 4) is 17.1 Å². The Morgan fingerprint density at radius 3 is 2.89 bits per heavy atom. The van der Waals surface area contributed by atoms with Crippen LogP contribution in [0, 0.1) is 0 Å². The number of H-pyrrole nitrogens is 1. The Bertz CT molecular complexity index is 741. The molecular weight excluding hydrogens is 236 g/mol. The van der Waals surface area contributed by atoms with Crippen molar-refractivity contribution in [2.75, 3.05) is 0 Å². The van der Waals surface area contributed by atoms with Crippen LogP contribution in [0.1, 0.15) is 10.5 Å². The van der Waals surface area contributed by atoms with E-state index in [1.807, 2.05) is 0 Å². The highest BCUT2D eigenvalue weighted by molar-refractivity contribution is 5.93. The van der Waals surface area contributed by atoms with Gasteiger partial charge < -0.3 is 19.7 Å². The van der Waals surface area contributed by atoms with E-state index in [2.05, 4.69) is 10.1 Å². The molecule has 0 aliphatic carbocycles. The van der Waals surface area contributed by atoms with Gasteiger partial charge in [-0.05, 0) is 18.2 Å². The van der Waals surface area contributed by atoms with Crippen LogP contribution in [0.5, 0.6) is 5.75 Å². The lowest BCUT2D eigenvalue weighted by Crippen LogP contribution is -1.94. The van der Waals surface area contributed by atoms with Crippen LogP contribution in [0.15, 0.2) is 35.0 Å². The Balaban J connectivity index is 2.18. The Hall–Kier alpha value is -2.76. The van der Waals surface area contributed by atoms with Crippen LogP contribution in [-0.2, 0) is 0 Å². The van der Waals surface area contributed by atoms with E-state index in [9.17, 15) is 9.90 Å². The molecule has 0 radical (unpaired) electrons. The van der Waals surface area contributed by atoms with E-state index in [-0.39, 0.29) is 17.2 Å². The molecule has 90 valence electrons. The fourth-order valence-electron chi connectivity index (χ4n) is 1.82. The van der Waals surface area contributed by atoms with Gasteiger partial charge in [-0.2, -0.15) is 0 Å². The first-order valence-corrected chi connectivity index (χ1v) is 5.16. The van der Waals surface area contributed by atoms with Crippen molar-refractivity contribution in [3.63, 3.8) is 0 Å². The number of carbonyl (C=O) groups is 1. The van der Waals surface area contributed by atoms with Crippen LogP contribution in [0.25, 0.3) is 22.2 Å². The molecule has 6 heteroatoms. The number of phenolic OH excluding ortho intramolecular Hbond substituents is 1. The largest absolute Gasteiger partial charge is 0.506 e. The Kier molecular flexibility index (Phi) is 2.09. The second-order valence-electron chi connectivity index (χ2n) is 3.78. The molecule has 2 aromatic heterocycles. The van der Waals surface area contributed by atoms with E-state index in [4.69, 9.17) is 9.63 Å². The number of fused-ring (bicyclic) bond motifs is 1. The van der Waals surface area contributed by atoms with Gasteiger partial charge in [-0.3, -0.25) is 0 Å². The molecule has 0 aliphatic rings. The molecule has 18 heavy (non-hydrogen) atoms. The van der Waals surface area contributed by atoms with Crippen molar-refractivity contribution in [1.29, 1.82) is 0 Å². The number of rotatable bonds is 2. The third-order valence-electron chi connectivity index (χ3n) is 2.70. The number of nitrogens with one attached hydrogen (secondary N) is 1. The normalized spacial score (nSPS) is 10.9. The molecule has 0 fully saturated rings. The second kappa shape index (κ2) is 3.63. The monoisotopic (exact) mass is 244 g/mol. The predicted molar refractivity (Wildman–Crippen MR) is 62.4 cm³/mol. The number of carboxylic acids is 1. The molecule has 0 spiro atoms. The molecule has 0 saturated heterocycles. The van der Waals surface area contributed by atoms with Crippen molar-refractivity contribution in [3.05, 3.63) is 36.2 Å². The van der Waals surface area contributed by atoms with Crippen LogP contribution in [-0.4, -0.2) is 26.3 Å². The summed E-state index contributed by atoms with van der Waals surface area (Å²) in [5, 5.41) is 22.9. The molecule has 0 amide bonds. The van der Waals surface area contributed by atoms with Gasteiger partial charge in [0, 0.05) is 23.2 Å². The van der Waals surface area contributed by atoms with Gasteiger partial charge >= 0.3 is 5.97 Å². The van der Waals surface area contributed by atoms with Crippen LogP contribution in [0.4, 0.5) is 0 Å². The minimum absolute atomic E-state index is 0.0295. The molecule has 3 aromatic rings. The van der Waals surface area contributed by atoms with Gasteiger partial charge in [0.05, 0.1) is 5.56 Å². The summed E-state index contributed by atoms with van der Waals surface area (Å²) in [6, 6.07) is 6.41. The molecule has 0 atom stereocenters. The molecule has 6 nitrogen and oxygen atoms in total. The van der Waals surface area contributed by atoms with Crippen molar-refractivity contribution < 1.29 is 19.5 Å². The number of aromatic carboxylic acids is 1. The van der Waals surface area contributed by atoms with Gasteiger partial charge in [0.1, 0.15) is 5.75 Å². The van der Waals surface area contributed by atoms with E-state index in [0.29, 0.717) is 10.9 Å². The first-order valence-electron chi connectivity index (χ1n) is 5.16. The topological polar surface area (TPSA) is 99.3 Å². The van der Waals surface area contributed by atoms with Crippen LogP contribution in [0.2, 0.25) is 0 Å². The average molecular weight is 244 g/mol. The summed E-state index contributed by atoms with van der Waals surface area (Å²) < 4.78 is 4.92. The number of hydrogen-bond acceptors (Lipinski definition) is 4. The smallest absolute Gasteiger partial charge is 0.358 e. The Morgan fingerprint density at radius 2 is 2.17 bits per heavy atom. The lowest BCUT2D eigenvalue weighted by atomic mass is 10.1. The van der Waals surface area contributed by atoms with Crippen molar-refractivity contribution in [2.45, 2.75) is 0 Å². The van der Waals surface area contributed by atoms with Gasteiger partial charge in [-0.15, -0.1) is 0 Å². The van der Waals surface area contributed by atoms with Crippen LogP contribution in [0.3, 0.4) is 0 Å². The quantitative estimate of drug-likeness (QED) is 0.641. The first kappa shape index (κ1) is 10.4. The van der Waals surface area contributed by atoms with Crippen molar-refractivity contribution in [1.82, 2.24) is 10.1 Å². The fourth-order valence-corrected chi connectivity index (χ4v) is 1.82. The highest BCUT2D eigenvalue weighted by atomic mass is 16.5. The molecule has 3 rings (SSSR count). The zero-order valence-corrected chi connectivity index (χ0v) is 9.04. The van der Waals surface area contributed by atoms with Crippen LogP contribution >= 0.6 is 0 Å². The SMILES string of the molecule is O=C(O)c1cc(-c2ccc3[nH]ccc3c2O)on1. The second-order valence-corrected chi connectivity index (χ2v) is 3.78. The number of benzene rings is 1. The zero-order valence-electron chi connectivity index (χ0n) is 9.04. The van der Waals surface area contributed by atoms with Crippen molar-refractivity contribution in [2.24, 2.45) is 0 Å². The zero-order chi connectivity index (χ0) is 12.7. The molecular formula is C12H8N2O4. The number of aromatic amines is 1. The standard InChI is InChI=1S/C12H8N2O4/c15-11-6-3-4-13-8(6)2-1-7(11)10-5-9(12(16)17)14-18-10/h1-5,13,15H,(H,16,17). The van der Waals surface area contributed by atoms with Gasteiger partial charge in [0.15, 0.2) is 11.5 Å². The Morgan fingerprint density at radius 1 is 1.33 bits per heavy atom. The van der Waals surface area contributed by atoms with E-state index in [1.54, 1.807) is 24.4 Å². The molecule has 0 unspecified atom stereocenters. The lowest BCUT2D eigenvalue weighted by molar-refractivity contribution is 0.0686. The third kappa shape index (κ3) is 1.43. The maximum atomic E-state index is 10.7. The number of nitrogens with zero attached hydrogens (tertiary/aromatic N) is 1. The molecule has 0 bridgehead atoms. The molecule has 0 aliphatic heterocycles. The number of hydrogen-bond donors (Lipinski definition) is 3. The van der Waals surface area contributed by atoms with Gasteiger partial charge in [-0.25, -0.2) is 4.79 Å². The van der Waals surface area contributed by atoms with E-state index >= 15 is 0 Å². The molecule has 3 N–H and O–H groups in total. The summed E-state index contributed by atoms with van der Waals surface area (Å²) in [5.41, 5.74) is 0.995. The summed E-state index contributed by atoms with van der Waals surface area (Å²) in [7, 11) is 0. The maximum Gasteiger partial charge on any atom is 0.358 e. The minimum atomic E-state index is -1.17. The number of aromatic nitrogens is 2. The van der Waals surface area contributed by atoms with Gasteiger partial charge in [0.2, 0.25) is 0 Å². The average Bonchev–Trinajstić information content (AvgIpc) is 2.97. The van der Waals surface area contributed by atoms with Crippen molar-refractivity contribution >= 4 is 16.9 Å². The Labute approximate surface area is 100 Å². The van der Waals surface area contributed by atoms with Crippen LogP contribution < -0.4 is 0 Å².